The maximum atomic E-state index is 13.2. The first-order valence-electron chi connectivity index (χ1n) is 14.4. The minimum absolute atomic E-state index is 0.0392. The molecule has 242 valence electrons. The number of hydrogen-bond donors (Lipinski definition) is 3. The number of unbranched alkanes of at least 4 members (excludes halogenated alkanes) is 1. The third-order valence-electron chi connectivity index (χ3n) is 7.70. The number of oxime groups is 1. The number of aromatic nitrogens is 3. The van der Waals surface area contributed by atoms with Gasteiger partial charge in [-0.3, -0.25) is 14.1 Å². The molecule has 4 heterocycles. The van der Waals surface area contributed by atoms with Crippen molar-refractivity contribution in [3.05, 3.63) is 47.2 Å². The Balaban J connectivity index is 1.23. The zero-order chi connectivity index (χ0) is 32.5. The number of hydrogen-bond acceptors (Lipinski definition) is 11. The van der Waals surface area contributed by atoms with Gasteiger partial charge >= 0.3 is 10.4 Å². The first-order valence-corrected chi connectivity index (χ1v) is 16.6. The van der Waals surface area contributed by atoms with Gasteiger partial charge in [0.15, 0.2) is 24.5 Å². The van der Waals surface area contributed by atoms with Crippen LogP contribution in [0.25, 0.3) is 11.1 Å². The Labute approximate surface area is 264 Å². The van der Waals surface area contributed by atoms with Crippen LogP contribution in [0.2, 0.25) is 0 Å². The number of aryl methyl sites for hydroxylation is 3. The van der Waals surface area contributed by atoms with Gasteiger partial charge in [0.2, 0.25) is 6.20 Å². The molecule has 2 atom stereocenters. The van der Waals surface area contributed by atoms with Crippen molar-refractivity contribution in [2.75, 3.05) is 12.3 Å². The Bertz CT molecular complexity index is 1730. The van der Waals surface area contributed by atoms with Crippen LogP contribution in [0.5, 0.6) is 5.75 Å². The fourth-order valence-corrected chi connectivity index (χ4v) is 6.20. The van der Waals surface area contributed by atoms with E-state index in [1.54, 1.807) is 0 Å². The minimum Gasteiger partial charge on any atom is -0.486 e. The van der Waals surface area contributed by atoms with Crippen LogP contribution in [-0.4, -0.2) is 69.5 Å². The summed E-state index contributed by atoms with van der Waals surface area (Å²) in [6.07, 6.45) is 7.61. The fraction of sp³-hybridized carbons (Fsp3) is 0.464. The average Bonchev–Trinajstić information content (AvgIpc) is 3.59. The second kappa shape index (κ2) is 12.7. The second-order valence-electron chi connectivity index (χ2n) is 11.4. The van der Waals surface area contributed by atoms with Crippen LogP contribution in [0.4, 0.5) is 5.13 Å². The van der Waals surface area contributed by atoms with Gasteiger partial charge in [0.25, 0.3) is 11.8 Å². The highest BCUT2D eigenvalue weighted by Gasteiger charge is 2.58. The van der Waals surface area contributed by atoms with Crippen LogP contribution in [-0.2, 0) is 49.1 Å². The van der Waals surface area contributed by atoms with Gasteiger partial charge in [-0.15, -0.1) is 20.3 Å². The predicted octanol–water partition coefficient (Wildman–Crippen LogP) is 1.77. The van der Waals surface area contributed by atoms with Crippen molar-refractivity contribution in [3.63, 3.8) is 0 Å². The Morgan fingerprint density at radius 2 is 2.13 bits per heavy atom. The lowest BCUT2D eigenvalue weighted by Crippen LogP contribution is -2.76. The molecule has 45 heavy (non-hydrogen) atoms. The number of hydroxylamine groups is 2. The summed E-state index contributed by atoms with van der Waals surface area (Å²) in [5.74, 6) is -0.938. The van der Waals surface area contributed by atoms with Crippen molar-refractivity contribution in [3.8, 4) is 16.9 Å². The number of amides is 2. The Kier molecular flexibility index (Phi) is 9.16. The number of nitrogens with zero attached hydrogens (tertiary/aromatic N) is 5. The third kappa shape index (κ3) is 7.11. The normalized spacial score (nSPS) is 19.4. The molecule has 5 rings (SSSR count). The number of β-lactam (4-membered cyclic amide) rings is 1. The number of carbonyl (C=O) groups is 2. The number of nitrogen functional groups attached to an aromatic ring is 1. The molecule has 2 amide bonds. The standard InChI is InChI=1S/C28H35N7O8S2/c1-5-6-11-34-14-19(13-33(34)4)17-8-10-22-18(12-17)7-9-20(42-22)15-41-32-23(21-16-44-27(29)30-21)25(36)31-24-26(37)35(28(24,2)3)43-45(38,39)40/h8,10,12-14,16,20,24H,5-7,9,11,15H2,1-4H3,(H3-,29,30,31,36,38,39,40)/p+1/b32-23-/t20-,24-/m1/s1. The summed E-state index contributed by atoms with van der Waals surface area (Å²) in [6.45, 7) is 6.07. The van der Waals surface area contributed by atoms with Gasteiger partial charge in [0.1, 0.15) is 23.6 Å². The minimum atomic E-state index is -4.94. The molecule has 2 aromatic heterocycles. The summed E-state index contributed by atoms with van der Waals surface area (Å²) in [5, 5.41) is 8.70. The van der Waals surface area contributed by atoms with Crippen molar-refractivity contribution >= 4 is 44.4 Å². The zero-order valence-corrected chi connectivity index (χ0v) is 26.9. The first kappa shape index (κ1) is 32.3. The van der Waals surface area contributed by atoms with Gasteiger partial charge in [0.05, 0.1) is 23.8 Å². The zero-order valence-electron chi connectivity index (χ0n) is 25.3. The molecule has 1 fully saturated rings. The molecule has 15 nitrogen and oxygen atoms in total. The lowest BCUT2D eigenvalue weighted by molar-refractivity contribution is -0.753. The lowest BCUT2D eigenvalue weighted by Gasteiger charge is -2.50. The maximum absolute atomic E-state index is 13.2. The quantitative estimate of drug-likeness (QED) is 0.0847. The van der Waals surface area contributed by atoms with E-state index in [4.69, 9.17) is 19.9 Å². The molecule has 0 spiro atoms. The highest BCUT2D eigenvalue weighted by Crippen LogP contribution is 2.34. The summed E-state index contributed by atoms with van der Waals surface area (Å²) in [6, 6.07) is 4.94. The van der Waals surface area contributed by atoms with Gasteiger partial charge in [-0.1, -0.05) is 24.6 Å². The van der Waals surface area contributed by atoms with E-state index < -0.39 is 33.8 Å². The number of fused-ring (bicyclic) bond motifs is 1. The Morgan fingerprint density at radius 1 is 1.36 bits per heavy atom. The molecule has 0 bridgehead atoms. The smallest absolute Gasteiger partial charge is 0.418 e. The van der Waals surface area contributed by atoms with Crippen LogP contribution in [0.1, 0.15) is 51.3 Å². The molecule has 4 N–H and O–H groups in total. The number of carbonyl (C=O) groups excluding carboxylic acids is 2. The third-order valence-corrected chi connectivity index (χ3v) is 8.71. The Hall–Kier alpha value is -4.06. The molecular formula is C28H36N7O8S2+. The molecule has 0 unspecified atom stereocenters. The molecule has 1 aromatic carbocycles. The SMILES string of the molecule is CCCCn1cc(-c2ccc3c(c2)CC[C@H](CO/N=C(\C(=O)N[C@@H]2C(=O)N(OS(=O)(=O)O)C2(C)C)c2csc(N)n2)O3)c[n+]1C. The van der Waals surface area contributed by atoms with E-state index in [1.807, 2.05) is 19.2 Å². The van der Waals surface area contributed by atoms with Gasteiger partial charge < -0.3 is 20.6 Å². The van der Waals surface area contributed by atoms with Crippen LogP contribution in [0.3, 0.4) is 0 Å². The second-order valence-corrected chi connectivity index (χ2v) is 13.3. The van der Waals surface area contributed by atoms with Crippen molar-refractivity contribution in [1.82, 2.24) is 20.0 Å². The van der Waals surface area contributed by atoms with Crippen LogP contribution in [0.15, 0.2) is 41.1 Å². The molecule has 0 radical (unpaired) electrons. The molecule has 17 heteroatoms. The highest BCUT2D eigenvalue weighted by molar-refractivity contribution is 7.80. The largest absolute Gasteiger partial charge is 0.486 e. The molecule has 0 aliphatic carbocycles. The number of benzene rings is 1. The molecule has 2 aliphatic heterocycles. The van der Waals surface area contributed by atoms with E-state index in [1.165, 1.54) is 19.2 Å². The Morgan fingerprint density at radius 3 is 2.80 bits per heavy atom. The van der Waals surface area contributed by atoms with Gasteiger partial charge in [0, 0.05) is 5.38 Å². The van der Waals surface area contributed by atoms with E-state index in [0.717, 1.165) is 59.6 Å². The molecule has 1 saturated heterocycles. The monoisotopic (exact) mass is 662 g/mol. The van der Waals surface area contributed by atoms with Crippen molar-refractivity contribution in [2.45, 2.75) is 70.7 Å². The highest BCUT2D eigenvalue weighted by atomic mass is 32.3. The number of nitrogens with two attached hydrogens (primary N) is 1. The summed E-state index contributed by atoms with van der Waals surface area (Å²) in [7, 11) is -2.91. The van der Waals surface area contributed by atoms with E-state index in [-0.39, 0.29) is 29.2 Å². The van der Waals surface area contributed by atoms with E-state index in [9.17, 15) is 18.0 Å². The number of anilines is 1. The first-order chi connectivity index (χ1) is 21.3. The number of ether oxygens (including phenoxy) is 1. The topological polar surface area (TPSA) is 192 Å². The van der Waals surface area contributed by atoms with Crippen LogP contribution in [0, 0.1) is 0 Å². The molecule has 2 aliphatic rings. The average molecular weight is 663 g/mol. The number of nitrogens with one attached hydrogen (secondary N) is 1. The maximum Gasteiger partial charge on any atom is 0.418 e. The predicted molar refractivity (Wildman–Crippen MR) is 163 cm³/mol. The number of thiazole rings is 1. The molecule has 0 saturated carbocycles. The van der Waals surface area contributed by atoms with Gasteiger partial charge in [-0.2, -0.15) is 18.2 Å². The fourth-order valence-electron chi connectivity index (χ4n) is 5.20. The van der Waals surface area contributed by atoms with E-state index >= 15 is 0 Å². The van der Waals surface area contributed by atoms with Gasteiger partial charge in [-0.25, -0.2) is 4.98 Å². The van der Waals surface area contributed by atoms with E-state index in [2.05, 4.69) is 54.5 Å². The van der Waals surface area contributed by atoms with Crippen molar-refractivity contribution < 1.29 is 41.1 Å². The molecule has 3 aromatic rings. The number of rotatable bonds is 12. The summed E-state index contributed by atoms with van der Waals surface area (Å²) >= 11 is 1.09. The van der Waals surface area contributed by atoms with Gasteiger partial charge in [-0.05, 0) is 56.4 Å². The molecular weight excluding hydrogens is 626 g/mol. The summed E-state index contributed by atoms with van der Waals surface area (Å²) < 4.78 is 46.0. The van der Waals surface area contributed by atoms with E-state index in [0.29, 0.717) is 11.5 Å². The van der Waals surface area contributed by atoms with Crippen LogP contribution >= 0.6 is 11.3 Å². The van der Waals surface area contributed by atoms with Crippen molar-refractivity contribution in [1.29, 1.82) is 0 Å². The van der Waals surface area contributed by atoms with Crippen LogP contribution < -0.4 is 20.5 Å². The van der Waals surface area contributed by atoms with Crippen molar-refractivity contribution in [2.24, 2.45) is 12.2 Å². The summed E-state index contributed by atoms with van der Waals surface area (Å²) in [5.41, 5.74) is 7.69. The summed E-state index contributed by atoms with van der Waals surface area (Å²) in [4.78, 5) is 35.4. The lowest BCUT2D eigenvalue weighted by atomic mass is 9.84.